The number of fused-ring (bicyclic) bond motifs is 3. The molecule has 3 aromatic rings. The largest absolute Gasteiger partial charge is 0.207 e. The Morgan fingerprint density at radius 3 is 2.38 bits per heavy atom. The van der Waals surface area contributed by atoms with Crippen molar-refractivity contribution in [1.82, 2.24) is 0 Å². The van der Waals surface area contributed by atoms with E-state index in [0.29, 0.717) is 0 Å². The Hall–Kier alpha value is -1.89. The predicted molar refractivity (Wildman–Crippen MR) is 66.1 cm³/mol. The van der Waals surface area contributed by atoms with Crippen LogP contribution in [0.25, 0.3) is 21.5 Å². The normalized spacial score (nSPS) is 11.1. The molecule has 0 aromatic heterocycles. The third-order valence-electron chi connectivity index (χ3n) is 3.03. The van der Waals surface area contributed by atoms with Crippen LogP contribution in [-0.2, 0) is 0 Å². The maximum atomic E-state index is 13.2. The summed E-state index contributed by atoms with van der Waals surface area (Å²) >= 11 is 0. The molecule has 0 unspecified atom stereocenters. The van der Waals surface area contributed by atoms with E-state index in [-0.39, 0.29) is 5.82 Å². The highest BCUT2D eigenvalue weighted by Crippen LogP contribution is 2.28. The summed E-state index contributed by atoms with van der Waals surface area (Å²) in [6, 6.07) is 15.2. The van der Waals surface area contributed by atoms with Crippen LogP contribution in [0.5, 0.6) is 0 Å². The Morgan fingerprint density at radius 2 is 1.56 bits per heavy atom. The average molecular weight is 210 g/mol. The zero-order valence-corrected chi connectivity index (χ0v) is 9.00. The van der Waals surface area contributed by atoms with E-state index in [1.165, 1.54) is 22.4 Å². The van der Waals surface area contributed by atoms with Crippen LogP contribution in [-0.4, -0.2) is 0 Å². The molecule has 0 saturated heterocycles. The van der Waals surface area contributed by atoms with Crippen molar-refractivity contribution in [1.29, 1.82) is 0 Å². The van der Waals surface area contributed by atoms with Gasteiger partial charge in [0.1, 0.15) is 5.82 Å². The number of halogens is 1. The molecule has 0 atom stereocenters. The first kappa shape index (κ1) is 9.34. The van der Waals surface area contributed by atoms with Gasteiger partial charge < -0.3 is 0 Å². The molecule has 3 aromatic carbocycles. The highest BCUT2D eigenvalue weighted by molar-refractivity contribution is 6.08. The molecule has 0 spiro atoms. The topological polar surface area (TPSA) is 0 Å². The lowest BCUT2D eigenvalue weighted by Crippen LogP contribution is -1.83. The van der Waals surface area contributed by atoms with Crippen molar-refractivity contribution < 1.29 is 4.39 Å². The van der Waals surface area contributed by atoms with Gasteiger partial charge in [0.2, 0.25) is 0 Å². The molecule has 1 heteroatoms. The maximum Gasteiger partial charge on any atom is 0.123 e. The monoisotopic (exact) mass is 210 g/mol. The van der Waals surface area contributed by atoms with Gasteiger partial charge in [-0.1, -0.05) is 36.4 Å². The second-order valence-electron chi connectivity index (χ2n) is 4.10. The van der Waals surface area contributed by atoms with Crippen LogP contribution in [0.4, 0.5) is 4.39 Å². The van der Waals surface area contributed by atoms with Crippen molar-refractivity contribution in [2.45, 2.75) is 6.92 Å². The van der Waals surface area contributed by atoms with E-state index in [4.69, 9.17) is 0 Å². The van der Waals surface area contributed by atoms with Crippen LogP contribution in [0.3, 0.4) is 0 Å². The van der Waals surface area contributed by atoms with Crippen molar-refractivity contribution in [3.8, 4) is 0 Å². The summed E-state index contributed by atoms with van der Waals surface area (Å²) in [4.78, 5) is 0. The van der Waals surface area contributed by atoms with E-state index in [1.54, 1.807) is 6.07 Å². The molecule has 0 N–H and O–H groups in total. The standard InChI is InChI=1S/C15H11F/c1-10-8-11-9-12(16)6-7-14(11)15-5-3-2-4-13(10)15/h2-9H,1H3. The maximum absolute atomic E-state index is 13.2. The summed E-state index contributed by atoms with van der Waals surface area (Å²) in [5.74, 6) is -0.179. The molecule has 0 nitrogen and oxygen atoms in total. The fraction of sp³-hybridized carbons (Fsp3) is 0.0667. The first-order valence-electron chi connectivity index (χ1n) is 5.33. The van der Waals surface area contributed by atoms with Gasteiger partial charge in [0.05, 0.1) is 0 Å². The molecule has 0 aliphatic carbocycles. The quantitative estimate of drug-likeness (QED) is 0.481. The molecule has 16 heavy (non-hydrogen) atoms. The minimum Gasteiger partial charge on any atom is -0.207 e. The Morgan fingerprint density at radius 1 is 0.812 bits per heavy atom. The minimum absolute atomic E-state index is 0.179. The van der Waals surface area contributed by atoms with Crippen molar-refractivity contribution in [2.75, 3.05) is 0 Å². The number of hydrogen-bond acceptors (Lipinski definition) is 0. The Balaban J connectivity index is 2.59. The molecule has 0 saturated carbocycles. The molecule has 0 aliphatic rings. The third kappa shape index (κ3) is 1.28. The molecule has 0 heterocycles. The van der Waals surface area contributed by atoms with Crippen LogP contribution in [0, 0.1) is 12.7 Å². The lowest BCUT2D eigenvalue weighted by Gasteiger charge is -2.07. The van der Waals surface area contributed by atoms with Gasteiger partial charge in [0.25, 0.3) is 0 Å². The van der Waals surface area contributed by atoms with Crippen LogP contribution < -0.4 is 0 Å². The number of aryl methyl sites for hydroxylation is 1. The van der Waals surface area contributed by atoms with Gasteiger partial charge in [-0.25, -0.2) is 4.39 Å². The minimum atomic E-state index is -0.179. The predicted octanol–water partition coefficient (Wildman–Crippen LogP) is 4.44. The molecule has 0 fully saturated rings. The summed E-state index contributed by atoms with van der Waals surface area (Å²) in [7, 11) is 0. The number of hydrogen-bond donors (Lipinski definition) is 0. The average Bonchev–Trinajstić information content (AvgIpc) is 2.29. The van der Waals surface area contributed by atoms with Crippen LogP contribution in [0.1, 0.15) is 5.56 Å². The SMILES string of the molecule is Cc1cc2cc(F)ccc2c2ccccc12. The molecule has 0 amide bonds. The molecule has 78 valence electrons. The summed E-state index contributed by atoms with van der Waals surface area (Å²) in [5, 5.41) is 4.51. The molecule has 0 aliphatic heterocycles. The summed E-state index contributed by atoms with van der Waals surface area (Å²) in [5.41, 5.74) is 1.19. The fourth-order valence-electron chi connectivity index (χ4n) is 2.27. The molecule has 0 radical (unpaired) electrons. The third-order valence-corrected chi connectivity index (χ3v) is 3.03. The first-order valence-corrected chi connectivity index (χ1v) is 5.33. The lowest BCUT2D eigenvalue weighted by atomic mass is 9.98. The van der Waals surface area contributed by atoms with E-state index in [9.17, 15) is 4.39 Å². The van der Waals surface area contributed by atoms with Gasteiger partial charge in [0.15, 0.2) is 0 Å². The lowest BCUT2D eigenvalue weighted by molar-refractivity contribution is 0.630. The van der Waals surface area contributed by atoms with Gasteiger partial charge in [-0.2, -0.15) is 0 Å². The van der Waals surface area contributed by atoms with Crippen LogP contribution in [0.2, 0.25) is 0 Å². The number of rotatable bonds is 0. The highest BCUT2D eigenvalue weighted by Gasteiger charge is 2.03. The highest BCUT2D eigenvalue weighted by atomic mass is 19.1. The van der Waals surface area contributed by atoms with Gasteiger partial charge >= 0.3 is 0 Å². The molecule has 3 rings (SSSR count). The van der Waals surface area contributed by atoms with Crippen molar-refractivity contribution in [3.63, 3.8) is 0 Å². The first-order chi connectivity index (χ1) is 7.75. The van der Waals surface area contributed by atoms with Crippen LogP contribution in [0.15, 0.2) is 48.5 Å². The second-order valence-corrected chi connectivity index (χ2v) is 4.10. The van der Waals surface area contributed by atoms with E-state index >= 15 is 0 Å². The van der Waals surface area contributed by atoms with Gasteiger partial charge in [-0.3, -0.25) is 0 Å². The van der Waals surface area contributed by atoms with Gasteiger partial charge in [0, 0.05) is 0 Å². The summed E-state index contributed by atoms with van der Waals surface area (Å²) < 4.78 is 13.2. The number of benzene rings is 3. The van der Waals surface area contributed by atoms with Crippen LogP contribution >= 0.6 is 0 Å². The fourth-order valence-corrected chi connectivity index (χ4v) is 2.27. The Labute approximate surface area is 93.3 Å². The molecular weight excluding hydrogens is 199 g/mol. The zero-order chi connectivity index (χ0) is 11.1. The Kier molecular flexibility index (Phi) is 1.93. The smallest absolute Gasteiger partial charge is 0.123 e. The van der Waals surface area contributed by atoms with Gasteiger partial charge in [-0.05, 0) is 46.2 Å². The van der Waals surface area contributed by atoms with Crippen molar-refractivity contribution >= 4 is 21.5 Å². The van der Waals surface area contributed by atoms with Gasteiger partial charge in [-0.15, -0.1) is 0 Å². The summed E-state index contributed by atoms with van der Waals surface area (Å²) in [6.07, 6.45) is 0. The molecular formula is C15H11F. The second kappa shape index (κ2) is 3.31. The zero-order valence-electron chi connectivity index (χ0n) is 9.00. The van der Waals surface area contributed by atoms with E-state index in [0.717, 1.165) is 10.8 Å². The summed E-state index contributed by atoms with van der Waals surface area (Å²) in [6.45, 7) is 2.06. The van der Waals surface area contributed by atoms with Crippen molar-refractivity contribution in [2.24, 2.45) is 0 Å². The van der Waals surface area contributed by atoms with Crippen molar-refractivity contribution in [3.05, 3.63) is 59.9 Å². The van der Waals surface area contributed by atoms with E-state index < -0.39 is 0 Å². The molecule has 0 bridgehead atoms. The van der Waals surface area contributed by atoms with E-state index in [2.05, 4.69) is 19.1 Å². The van der Waals surface area contributed by atoms with E-state index in [1.807, 2.05) is 24.3 Å². The Bertz CT molecular complexity index is 683.